The molecule has 6 nitrogen and oxygen atoms in total. The average molecular weight is 367 g/mol. The van der Waals surface area contributed by atoms with Crippen LogP contribution in [0.4, 0.5) is 0 Å². The van der Waals surface area contributed by atoms with E-state index in [0.717, 1.165) is 55.0 Å². The van der Waals surface area contributed by atoms with Gasteiger partial charge in [0.2, 0.25) is 0 Å². The van der Waals surface area contributed by atoms with Crippen LogP contribution in [0.1, 0.15) is 18.6 Å². The smallest absolute Gasteiger partial charge is 0.152 e. The topological polar surface area (TPSA) is 63.5 Å². The van der Waals surface area contributed by atoms with Gasteiger partial charge >= 0.3 is 0 Å². The van der Waals surface area contributed by atoms with Gasteiger partial charge in [0.05, 0.1) is 20.3 Å². The summed E-state index contributed by atoms with van der Waals surface area (Å²) in [6.07, 6.45) is 4.10. The summed E-state index contributed by atoms with van der Waals surface area (Å²) in [7, 11) is 1.67. The van der Waals surface area contributed by atoms with Gasteiger partial charge in [-0.15, -0.1) is 0 Å². The van der Waals surface area contributed by atoms with Crippen molar-refractivity contribution in [1.29, 1.82) is 0 Å². The molecule has 4 rings (SSSR count). The minimum Gasteiger partial charge on any atom is -0.497 e. The number of H-pyrrole nitrogens is 1. The van der Waals surface area contributed by atoms with E-state index in [2.05, 4.69) is 15.1 Å². The molecule has 0 saturated carbocycles. The molecule has 2 aromatic heterocycles. The number of methoxy groups -OCH3 is 1. The van der Waals surface area contributed by atoms with Crippen LogP contribution in [0, 0.1) is 5.92 Å². The maximum Gasteiger partial charge on any atom is 0.152 e. The van der Waals surface area contributed by atoms with Crippen molar-refractivity contribution < 1.29 is 13.9 Å². The molecular weight excluding hydrogens is 342 g/mol. The number of piperidine rings is 1. The van der Waals surface area contributed by atoms with Crippen LogP contribution in [-0.4, -0.2) is 41.9 Å². The van der Waals surface area contributed by atoms with Crippen LogP contribution in [0.15, 0.2) is 53.1 Å². The molecule has 0 aliphatic carbocycles. The highest BCUT2D eigenvalue weighted by molar-refractivity contribution is 5.51. The Labute approximate surface area is 159 Å². The number of likely N-dealkylation sites (tertiary alicyclic amines) is 1. The Hall–Kier alpha value is -2.73. The summed E-state index contributed by atoms with van der Waals surface area (Å²) in [6.45, 7) is 3.66. The lowest BCUT2D eigenvalue weighted by molar-refractivity contribution is 0.119. The van der Waals surface area contributed by atoms with Crippen LogP contribution in [-0.2, 0) is 6.54 Å². The quantitative estimate of drug-likeness (QED) is 0.685. The number of benzene rings is 1. The molecule has 0 amide bonds. The van der Waals surface area contributed by atoms with Gasteiger partial charge in [0.25, 0.3) is 0 Å². The lowest BCUT2D eigenvalue weighted by Gasteiger charge is -2.32. The zero-order chi connectivity index (χ0) is 18.5. The van der Waals surface area contributed by atoms with E-state index in [1.165, 1.54) is 12.8 Å². The molecule has 0 radical (unpaired) electrons. The van der Waals surface area contributed by atoms with E-state index < -0.39 is 0 Å². The lowest BCUT2D eigenvalue weighted by Crippen LogP contribution is -2.37. The molecule has 1 N–H and O–H groups in total. The number of hydrogen-bond donors (Lipinski definition) is 1. The highest BCUT2D eigenvalue weighted by Crippen LogP contribution is 2.25. The van der Waals surface area contributed by atoms with Crippen LogP contribution in [0.2, 0.25) is 0 Å². The van der Waals surface area contributed by atoms with Crippen molar-refractivity contribution in [1.82, 2.24) is 15.1 Å². The van der Waals surface area contributed by atoms with Crippen LogP contribution in [0.25, 0.3) is 11.5 Å². The highest BCUT2D eigenvalue weighted by atomic mass is 16.5. The predicted octanol–water partition coefficient (Wildman–Crippen LogP) is 3.97. The highest BCUT2D eigenvalue weighted by Gasteiger charge is 2.21. The molecule has 1 fully saturated rings. The molecule has 6 heteroatoms. The number of ether oxygens (including phenoxy) is 2. The molecule has 1 aliphatic heterocycles. The summed E-state index contributed by atoms with van der Waals surface area (Å²) >= 11 is 0. The Kier molecular flexibility index (Phi) is 5.44. The second kappa shape index (κ2) is 8.31. The number of aromatic amines is 1. The van der Waals surface area contributed by atoms with Crippen LogP contribution in [0.3, 0.4) is 0 Å². The van der Waals surface area contributed by atoms with E-state index in [0.29, 0.717) is 5.92 Å². The van der Waals surface area contributed by atoms with Crippen LogP contribution < -0.4 is 9.47 Å². The second-order valence-corrected chi connectivity index (χ2v) is 6.97. The van der Waals surface area contributed by atoms with Crippen molar-refractivity contribution in [3.8, 4) is 23.0 Å². The molecule has 142 valence electrons. The van der Waals surface area contributed by atoms with E-state index in [1.807, 2.05) is 42.5 Å². The monoisotopic (exact) mass is 367 g/mol. The van der Waals surface area contributed by atoms with Gasteiger partial charge in [0, 0.05) is 24.7 Å². The summed E-state index contributed by atoms with van der Waals surface area (Å²) in [6, 6.07) is 13.7. The van der Waals surface area contributed by atoms with E-state index >= 15 is 0 Å². The molecule has 27 heavy (non-hydrogen) atoms. The van der Waals surface area contributed by atoms with Gasteiger partial charge in [0.1, 0.15) is 23.0 Å². The van der Waals surface area contributed by atoms with Gasteiger partial charge in [-0.3, -0.25) is 10.00 Å². The third-order valence-electron chi connectivity index (χ3n) is 4.94. The molecule has 0 bridgehead atoms. The molecule has 3 heterocycles. The normalized spacial score (nSPS) is 17.7. The number of furan rings is 1. The molecule has 1 atom stereocenters. The van der Waals surface area contributed by atoms with Gasteiger partial charge in [0.15, 0.2) is 5.76 Å². The van der Waals surface area contributed by atoms with Crippen molar-refractivity contribution in [2.75, 3.05) is 26.8 Å². The number of nitrogens with zero attached hydrogens (tertiary/aromatic N) is 2. The predicted molar refractivity (Wildman–Crippen MR) is 103 cm³/mol. The van der Waals surface area contributed by atoms with Crippen molar-refractivity contribution in [2.24, 2.45) is 5.92 Å². The molecule has 1 saturated heterocycles. The Morgan fingerprint density at radius 3 is 3.00 bits per heavy atom. The Morgan fingerprint density at radius 1 is 1.22 bits per heavy atom. The van der Waals surface area contributed by atoms with Crippen LogP contribution >= 0.6 is 0 Å². The summed E-state index contributed by atoms with van der Waals surface area (Å²) < 4.78 is 17.2. The SMILES string of the molecule is COc1cccc(OCC2CCCN(Cc3ccc(-c4ccn[nH]4)o3)C2)c1. The first-order chi connectivity index (χ1) is 13.3. The molecular formula is C21H25N3O3. The van der Waals surface area contributed by atoms with E-state index in [9.17, 15) is 0 Å². The third kappa shape index (κ3) is 4.52. The Morgan fingerprint density at radius 2 is 2.15 bits per heavy atom. The first-order valence-corrected chi connectivity index (χ1v) is 9.38. The maximum atomic E-state index is 6.00. The fourth-order valence-electron chi connectivity index (χ4n) is 3.56. The third-order valence-corrected chi connectivity index (χ3v) is 4.94. The van der Waals surface area contributed by atoms with E-state index in [1.54, 1.807) is 13.3 Å². The first kappa shape index (κ1) is 17.7. The number of nitrogens with one attached hydrogen (secondary N) is 1. The summed E-state index contributed by atoms with van der Waals surface area (Å²) in [5.74, 6) is 4.02. The summed E-state index contributed by atoms with van der Waals surface area (Å²) in [5, 5.41) is 6.91. The van der Waals surface area contributed by atoms with Gasteiger partial charge in [-0.25, -0.2) is 0 Å². The second-order valence-electron chi connectivity index (χ2n) is 6.97. The summed E-state index contributed by atoms with van der Waals surface area (Å²) in [4.78, 5) is 2.44. The fourth-order valence-corrected chi connectivity index (χ4v) is 3.56. The molecule has 1 aliphatic rings. The number of aromatic nitrogens is 2. The van der Waals surface area contributed by atoms with E-state index in [4.69, 9.17) is 13.9 Å². The number of hydrogen-bond acceptors (Lipinski definition) is 5. The zero-order valence-electron chi connectivity index (χ0n) is 15.6. The largest absolute Gasteiger partial charge is 0.497 e. The minimum absolute atomic E-state index is 0.520. The molecule has 3 aromatic rings. The van der Waals surface area contributed by atoms with E-state index in [-0.39, 0.29) is 0 Å². The van der Waals surface area contributed by atoms with Crippen molar-refractivity contribution in [3.05, 3.63) is 54.4 Å². The first-order valence-electron chi connectivity index (χ1n) is 9.38. The fraction of sp³-hybridized carbons (Fsp3) is 0.381. The summed E-state index contributed by atoms with van der Waals surface area (Å²) in [5.41, 5.74) is 0.907. The van der Waals surface area contributed by atoms with Gasteiger partial charge in [-0.2, -0.15) is 5.10 Å². The van der Waals surface area contributed by atoms with Crippen molar-refractivity contribution >= 4 is 0 Å². The average Bonchev–Trinajstić information content (AvgIpc) is 3.39. The number of rotatable bonds is 7. The Bertz CT molecular complexity index is 844. The molecule has 1 aromatic carbocycles. The van der Waals surface area contributed by atoms with Crippen molar-refractivity contribution in [2.45, 2.75) is 19.4 Å². The van der Waals surface area contributed by atoms with Gasteiger partial charge in [-0.05, 0) is 49.7 Å². The molecule has 1 unspecified atom stereocenters. The molecule has 0 spiro atoms. The van der Waals surface area contributed by atoms with Crippen molar-refractivity contribution in [3.63, 3.8) is 0 Å². The van der Waals surface area contributed by atoms with Crippen LogP contribution in [0.5, 0.6) is 11.5 Å². The zero-order valence-corrected chi connectivity index (χ0v) is 15.6. The van der Waals surface area contributed by atoms with Gasteiger partial charge in [-0.1, -0.05) is 6.07 Å². The lowest BCUT2D eigenvalue weighted by atomic mass is 9.99. The Balaban J connectivity index is 1.30. The minimum atomic E-state index is 0.520. The van der Waals surface area contributed by atoms with Gasteiger partial charge < -0.3 is 13.9 Å². The standard InChI is InChI=1S/C21H25N3O3/c1-25-17-5-2-6-18(12-17)26-15-16-4-3-11-24(13-16)14-19-7-8-21(27-19)20-9-10-22-23-20/h2,5-10,12,16H,3-4,11,13-15H2,1H3,(H,22,23). The maximum absolute atomic E-state index is 6.00.